The Morgan fingerprint density at radius 1 is 1.40 bits per heavy atom. The first kappa shape index (κ1) is 13.0. The summed E-state index contributed by atoms with van der Waals surface area (Å²) in [5, 5.41) is 1.90. The highest BCUT2D eigenvalue weighted by Crippen LogP contribution is 2.23. The Balaban J connectivity index is 2.42. The molecule has 1 aromatic carbocycles. The van der Waals surface area contributed by atoms with Crippen LogP contribution in [0.1, 0.15) is 18.3 Å². The fourth-order valence-corrected chi connectivity index (χ4v) is 3.19. The molecular weight excluding hydrogens is 275 g/mol. The van der Waals surface area contributed by atoms with Crippen LogP contribution < -0.4 is 5.56 Å². The van der Waals surface area contributed by atoms with Crippen molar-refractivity contribution in [3.8, 4) is 11.1 Å². The number of fused-ring (bicyclic) bond motifs is 1. The van der Waals surface area contributed by atoms with E-state index in [9.17, 15) is 9.18 Å². The average Bonchev–Trinajstić information content (AvgIpc) is 2.80. The highest BCUT2D eigenvalue weighted by Gasteiger charge is 2.16. The lowest BCUT2D eigenvalue weighted by Crippen LogP contribution is -2.19. The summed E-state index contributed by atoms with van der Waals surface area (Å²) < 4.78 is 15.0. The lowest BCUT2D eigenvalue weighted by atomic mass is 10.0. The lowest BCUT2D eigenvalue weighted by molar-refractivity contribution is 0.628. The van der Waals surface area contributed by atoms with Crippen LogP contribution in [0.3, 0.4) is 0 Å². The summed E-state index contributed by atoms with van der Waals surface area (Å²) in [5.41, 5.74) is 2.51. The van der Waals surface area contributed by atoms with Crippen LogP contribution in [-0.4, -0.2) is 9.38 Å². The smallest absolute Gasteiger partial charge is 0.266 e. The summed E-state index contributed by atoms with van der Waals surface area (Å²) >= 11 is 1.44. The highest BCUT2D eigenvalue weighted by molar-refractivity contribution is 7.15. The molecule has 0 aliphatic rings. The van der Waals surface area contributed by atoms with Gasteiger partial charge in [-0.25, -0.2) is 9.37 Å². The molecule has 5 heteroatoms. The Labute approximate surface area is 119 Å². The van der Waals surface area contributed by atoms with Crippen molar-refractivity contribution < 1.29 is 4.39 Å². The number of hydrogen-bond donors (Lipinski definition) is 0. The summed E-state index contributed by atoms with van der Waals surface area (Å²) in [7, 11) is 0. The number of aromatic nitrogens is 2. The number of benzene rings is 1. The molecule has 0 aliphatic carbocycles. The topological polar surface area (TPSA) is 34.4 Å². The van der Waals surface area contributed by atoms with Gasteiger partial charge in [0.25, 0.3) is 5.56 Å². The van der Waals surface area contributed by atoms with Gasteiger partial charge in [-0.2, -0.15) is 0 Å². The zero-order valence-corrected chi connectivity index (χ0v) is 12.0. The molecule has 3 rings (SSSR count). The van der Waals surface area contributed by atoms with Gasteiger partial charge in [-0.1, -0.05) is 19.1 Å². The van der Waals surface area contributed by atoms with Gasteiger partial charge >= 0.3 is 0 Å². The van der Waals surface area contributed by atoms with Gasteiger partial charge in [0.2, 0.25) is 0 Å². The molecule has 0 unspecified atom stereocenters. The van der Waals surface area contributed by atoms with Crippen LogP contribution in [0.2, 0.25) is 0 Å². The third-order valence-electron chi connectivity index (χ3n) is 3.26. The molecule has 0 N–H and O–H groups in total. The van der Waals surface area contributed by atoms with Crippen LogP contribution in [-0.2, 0) is 6.42 Å². The number of hydrogen-bond acceptors (Lipinski definition) is 3. The normalized spacial score (nSPS) is 11.2. The lowest BCUT2D eigenvalue weighted by Gasteiger charge is -2.08. The molecule has 0 bridgehead atoms. The number of rotatable bonds is 2. The maximum absolute atomic E-state index is 13.4. The molecule has 3 aromatic rings. The van der Waals surface area contributed by atoms with Crippen molar-refractivity contribution in [3.63, 3.8) is 0 Å². The van der Waals surface area contributed by atoms with Crippen molar-refractivity contribution in [1.82, 2.24) is 9.38 Å². The molecule has 3 nitrogen and oxygen atoms in total. The standard InChI is InChI=1S/C15H13FN2OS/c1-3-12-13(10-5-4-6-11(16)7-10)14(19)18-9(2)8-20-15(18)17-12/h4-8H,3H2,1-2H3. The number of thiazole rings is 1. The minimum atomic E-state index is -0.351. The first-order valence-electron chi connectivity index (χ1n) is 6.37. The summed E-state index contributed by atoms with van der Waals surface area (Å²) in [6, 6.07) is 6.11. The van der Waals surface area contributed by atoms with Crippen molar-refractivity contribution in [2.45, 2.75) is 20.3 Å². The molecule has 20 heavy (non-hydrogen) atoms. The Morgan fingerprint density at radius 2 is 2.20 bits per heavy atom. The van der Waals surface area contributed by atoms with Gasteiger partial charge in [0.15, 0.2) is 4.96 Å². The van der Waals surface area contributed by atoms with Gasteiger partial charge in [-0.15, -0.1) is 11.3 Å². The second kappa shape index (κ2) is 4.83. The van der Waals surface area contributed by atoms with E-state index in [4.69, 9.17) is 0 Å². The molecule has 0 radical (unpaired) electrons. The third kappa shape index (κ3) is 1.94. The predicted octanol–water partition coefficient (Wildman–Crippen LogP) is 3.43. The summed E-state index contributed by atoms with van der Waals surface area (Å²) in [5.74, 6) is -0.351. The molecule has 0 atom stereocenters. The monoisotopic (exact) mass is 288 g/mol. The van der Waals surface area contributed by atoms with Gasteiger partial charge in [-0.05, 0) is 31.0 Å². The molecular formula is C15H13FN2OS. The maximum atomic E-state index is 13.4. The van der Waals surface area contributed by atoms with Crippen LogP contribution in [0.5, 0.6) is 0 Å². The van der Waals surface area contributed by atoms with Gasteiger partial charge in [0, 0.05) is 11.1 Å². The van der Waals surface area contributed by atoms with Gasteiger partial charge in [-0.3, -0.25) is 9.20 Å². The van der Waals surface area contributed by atoms with E-state index in [1.165, 1.54) is 23.5 Å². The van der Waals surface area contributed by atoms with E-state index in [1.807, 2.05) is 19.2 Å². The van der Waals surface area contributed by atoms with Gasteiger partial charge in [0.1, 0.15) is 5.82 Å². The predicted molar refractivity (Wildman–Crippen MR) is 78.8 cm³/mol. The Kier molecular flexibility index (Phi) is 3.14. The Morgan fingerprint density at radius 3 is 2.90 bits per heavy atom. The van der Waals surface area contributed by atoms with E-state index < -0.39 is 0 Å². The highest BCUT2D eigenvalue weighted by atomic mass is 32.1. The molecule has 0 spiro atoms. The zero-order chi connectivity index (χ0) is 14.3. The molecule has 2 heterocycles. The van der Waals surface area contributed by atoms with Crippen LogP contribution in [0, 0.1) is 12.7 Å². The molecule has 0 aliphatic heterocycles. The third-order valence-corrected chi connectivity index (χ3v) is 4.21. The minimum Gasteiger partial charge on any atom is -0.268 e. The van der Waals surface area contributed by atoms with E-state index in [0.29, 0.717) is 28.2 Å². The maximum Gasteiger partial charge on any atom is 0.266 e. The summed E-state index contributed by atoms with van der Waals surface area (Å²) in [6.45, 7) is 3.81. The quantitative estimate of drug-likeness (QED) is 0.724. The molecule has 102 valence electrons. The largest absolute Gasteiger partial charge is 0.268 e. The first-order chi connectivity index (χ1) is 9.61. The summed E-state index contributed by atoms with van der Waals surface area (Å²) in [6.07, 6.45) is 0.633. The van der Waals surface area contributed by atoms with Crippen LogP contribution in [0.4, 0.5) is 4.39 Å². The molecule has 0 fully saturated rings. The van der Waals surface area contributed by atoms with Crippen molar-refractivity contribution in [2.75, 3.05) is 0 Å². The Hall–Kier alpha value is -2.01. The second-order valence-electron chi connectivity index (χ2n) is 4.60. The molecule has 0 amide bonds. The van der Waals surface area contributed by atoms with Crippen LogP contribution >= 0.6 is 11.3 Å². The Bertz CT molecular complexity index is 851. The molecule has 2 aromatic heterocycles. The van der Waals surface area contributed by atoms with Gasteiger partial charge < -0.3 is 0 Å². The zero-order valence-electron chi connectivity index (χ0n) is 11.2. The minimum absolute atomic E-state index is 0.129. The van der Waals surface area contributed by atoms with Crippen LogP contribution in [0.15, 0.2) is 34.4 Å². The first-order valence-corrected chi connectivity index (χ1v) is 7.25. The van der Waals surface area contributed by atoms with E-state index in [2.05, 4.69) is 4.98 Å². The van der Waals surface area contributed by atoms with E-state index in [1.54, 1.807) is 16.5 Å². The fraction of sp³-hybridized carbons (Fsp3) is 0.200. The van der Waals surface area contributed by atoms with Crippen molar-refractivity contribution in [3.05, 3.63) is 57.2 Å². The number of aryl methyl sites for hydroxylation is 2. The van der Waals surface area contributed by atoms with Crippen molar-refractivity contribution >= 4 is 16.3 Å². The summed E-state index contributed by atoms with van der Waals surface area (Å²) in [4.78, 5) is 17.9. The van der Waals surface area contributed by atoms with E-state index >= 15 is 0 Å². The van der Waals surface area contributed by atoms with Crippen molar-refractivity contribution in [1.29, 1.82) is 0 Å². The number of nitrogens with zero attached hydrogens (tertiary/aromatic N) is 2. The van der Waals surface area contributed by atoms with E-state index in [-0.39, 0.29) is 11.4 Å². The van der Waals surface area contributed by atoms with Gasteiger partial charge in [0.05, 0.1) is 11.3 Å². The van der Waals surface area contributed by atoms with Crippen molar-refractivity contribution in [2.24, 2.45) is 0 Å². The SMILES string of the molecule is CCc1nc2scc(C)n2c(=O)c1-c1cccc(F)c1. The fourth-order valence-electron chi connectivity index (χ4n) is 2.31. The van der Waals surface area contributed by atoms with Crippen LogP contribution in [0.25, 0.3) is 16.1 Å². The second-order valence-corrected chi connectivity index (χ2v) is 5.43. The average molecular weight is 288 g/mol. The van der Waals surface area contributed by atoms with E-state index in [0.717, 1.165) is 5.69 Å². The molecule has 0 saturated heterocycles. The number of halogens is 1. The molecule has 0 saturated carbocycles.